The maximum atomic E-state index is 12.5. The van der Waals surface area contributed by atoms with Crippen LogP contribution in [0.15, 0.2) is 84.0 Å². The number of hydrogen-bond acceptors (Lipinski definition) is 6. The summed E-state index contributed by atoms with van der Waals surface area (Å²) in [6.45, 7) is 0.544. The lowest BCUT2D eigenvalue weighted by Crippen LogP contribution is -2.27. The smallest absolute Gasteiger partial charge is 0.271 e. The summed E-state index contributed by atoms with van der Waals surface area (Å²) < 4.78 is 5.20. The molecule has 1 saturated heterocycles. The Hall–Kier alpha value is -4.09. The van der Waals surface area contributed by atoms with Gasteiger partial charge in [-0.3, -0.25) is 9.59 Å². The van der Waals surface area contributed by atoms with Gasteiger partial charge in [-0.15, -0.1) is 11.8 Å². The summed E-state index contributed by atoms with van der Waals surface area (Å²) in [5.74, 6) is 0.819. The van der Waals surface area contributed by atoms with Crippen molar-refractivity contribution >= 4 is 29.8 Å². The van der Waals surface area contributed by atoms with Gasteiger partial charge in [0.1, 0.15) is 17.2 Å². The van der Waals surface area contributed by atoms with Gasteiger partial charge < -0.3 is 9.64 Å². The summed E-state index contributed by atoms with van der Waals surface area (Å²) in [5, 5.41) is 12.5. The first-order chi connectivity index (χ1) is 16.6. The van der Waals surface area contributed by atoms with Crippen molar-refractivity contribution in [3.63, 3.8) is 0 Å². The third-order valence-electron chi connectivity index (χ3n) is 5.19. The minimum Gasteiger partial charge on any atom is -0.479 e. The molecule has 8 heteroatoms. The summed E-state index contributed by atoms with van der Waals surface area (Å²) >= 11 is 1.59. The molecular weight excluding hydrogens is 448 g/mol. The Labute approximate surface area is 202 Å². The predicted octanol–water partition coefficient (Wildman–Crippen LogP) is 4.13. The maximum Gasteiger partial charge on any atom is 0.271 e. The first kappa shape index (κ1) is 23.1. The number of carbonyl (C=O) groups excluding carboxylic acids is 2. The molecule has 170 valence electrons. The number of carbonyl (C=O) groups is 2. The molecule has 0 saturated carbocycles. The predicted molar refractivity (Wildman–Crippen MR) is 131 cm³/mol. The number of rotatable bonds is 8. The fraction of sp³-hybridized carbons (Fsp3) is 0.154. The van der Waals surface area contributed by atoms with Crippen LogP contribution < -0.4 is 10.2 Å². The molecule has 3 aromatic rings. The molecule has 0 unspecified atom stereocenters. The Morgan fingerprint density at radius 1 is 1.12 bits per heavy atom. The van der Waals surface area contributed by atoms with Crippen LogP contribution in [-0.2, 0) is 11.3 Å². The van der Waals surface area contributed by atoms with Crippen LogP contribution in [0.2, 0.25) is 0 Å². The van der Waals surface area contributed by atoms with Gasteiger partial charge in [0.2, 0.25) is 5.91 Å². The first-order valence-electron chi connectivity index (χ1n) is 10.6. The molecule has 0 bridgehead atoms. The number of nitrogens with one attached hydrogen (secondary N) is 1. The minimum absolute atomic E-state index is 0.0108. The standard InChI is InChI=1S/C26H22N4O3S/c27-14-15-33-23-12-6-19(7-13-23)16-28-29-25(32)21-8-10-22(11-9-21)26-30(24(31)18-34-26)17-20-4-2-1-3-5-20/h1-13,16,26H,15,17-18H2,(H,29,32)/b28-16-/t26-/m1/s1. The zero-order valence-electron chi connectivity index (χ0n) is 18.3. The lowest BCUT2D eigenvalue weighted by Gasteiger charge is -2.24. The molecule has 0 aromatic heterocycles. The summed E-state index contributed by atoms with van der Waals surface area (Å²) in [5.41, 5.74) is 5.84. The minimum atomic E-state index is -0.326. The Morgan fingerprint density at radius 3 is 2.56 bits per heavy atom. The molecule has 7 nitrogen and oxygen atoms in total. The number of thioether (sulfide) groups is 1. The van der Waals surface area contributed by atoms with E-state index >= 15 is 0 Å². The first-order valence-corrected chi connectivity index (χ1v) is 11.7. The van der Waals surface area contributed by atoms with Crippen LogP contribution >= 0.6 is 11.8 Å². The molecule has 34 heavy (non-hydrogen) atoms. The van der Waals surface area contributed by atoms with Gasteiger partial charge in [-0.2, -0.15) is 10.4 Å². The summed E-state index contributed by atoms with van der Waals surface area (Å²) in [6, 6.07) is 26.1. The van der Waals surface area contributed by atoms with E-state index in [1.807, 2.05) is 53.4 Å². The van der Waals surface area contributed by atoms with Crippen LogP contribution in [0, 0.1) is 11.3 Å². The number of nitrogens with zero attached hydrogens (tertiary/aromatic N) is 3. The molecule has 4 rings (SSSR count). The van der Waals surface area contributed by atoms with Gasteiger partial charge >= 0.3 is 0 Å². The van der Waals surface area contributed by atoms with Crippen molar-refractivity contribution < 1.29 is 14.3 Å². The van der Waals surface area contributed by atoms with Crippen LogP contribution in [0.1, 0.15) is 32.4 Å². The van der Waals surface area contributed by atoms with E-state index in [2.05, 4.69) is 10.5 Å². The zero-order chi connectivity index (χ0) is 23.8. The second-order valence-corrected chi connectivity index (χ2v) is 8.58. The highest BCUT2D eigenvalue weighted by atomic mass is 32.2. The van der Waals surface area contributed by atoms with Gasteiger partial charge in [-0.05, 0) is 53.1 Å². The van der Waals surface area contributed by atoms with E-state index in [-0.39, 0.29) is 23.8 Å². The second-order valence-electron chi connectivity index (χ2n) is 7.51. The average Bonchev–Trinajstić information content (AvgIpc) is 3.24. The Morgan fingerprint density at radius 2 is 1.85 bits per heavy atom. The van der Waals surface area contributed by atoms with Crippen LogP contribution in [0.25, 0.3) is 0 Å². The van der Waals surface area contributed by atoms with E-state index in [1.54, 1.807) is 48.2 Å². The van der Waals surface area contributed by atoms with E-state index in [1.165, 1.54) is 6.21 Å². The van der Waals surface area contributed by atoms with Crippen molar-refractivity contribution in [1.82, 2.24) is 10.3 Å². The van der Waals surface area contributed by atoms with Crippen molar-refractivity contribution in [1.29, 1.82) is 5.26 Å². The fourth-order valence-electron chi connectivity index (χ4n) is 3.48. The highest BCUT2D eigenvalue weighted by Crippen LogP contribution is 2.39. The Kier molecular flexibility index (Phi) is 7.58. The monoisotopic (exact) mass is 470 g/mol. The second kappa shape index (κ2) is 11.2. The number of benzene rings is 3. The van der Waals surface area contributed by atoms with Crippen LogP contribution in [-0.4, -0.2) is 35.3 Å². The molecule has 1 N–H and O–H groups in total. The number of ether oxygens (including phenoxy) is 1. The van der Waals surface area contributed by atoms with Gasteiger partial charge in [0, 0.05) is 12.1 Å². The van der Waals surface area contributed by atoms with E-state index in [9.17, 15) is 9.59 Å². The molecule has 1 aliphatic rings. The topological polar surface area (TPSA) is 94.8 Å². The van der Waals surface area contributed by atoms with Crippen molar-refractivity contribution in [3.8, 4) is 11.8 Å². The molecule has 1 atom stereocenters. The van der Waals surface area contributed by atoms with Crippen molar-refractivity contribution in [2.45, 2.75) is 11.9 Å². The van der Waals surface area contributed by atoms with Crippen LogP contribution in [0.4, 0.5) is 0 Å². The maximum absolute atomic E-state index is 12.5. The van der Waals surface area contributed by atoms with E-state index in [4.69, 9.17) is 10.00 Å². The van der Waals surface area contributed by atoms with Gasteiger partial charge in [0.25, 0.3) is 5.91 Å². The molecule has 0 radical (unpaired) electrons. The molecule has 3 aromatic carbocycles. The summed E-state index contributed by atoms with van der Waals surface area (Å²) in [4.78, 5) is 26.8. The quantitative estimate of drug-likeness (QED) is 0.395. The highest BCUT2D eigenvalue weighted by molar-refractivity contribution is 8.00. The van der Waals surface area contributed by atoms with Gasteiger partial charge in [-0.25, -0.2) is 5.43 Å². The third-order valence-corrected chi connectivity index (χ3v) is 6.44. The molecule has 2 amide bonds. The van der Waals surface area contributed by atoms with Crippen molar-refractivity contribution in [3.05, 3.63) is 101 Å². The SMILES string of the molecule is N#CCOc1ccc(/C=N\NC(=O)c2ccc([C@H]3SCC(=O)N3Cc3ccccc3)cc2)cc1. The lowest BCUT2D eigenvalue weighted by molar-refractivity contribution is -0.128. The van der Waals surface area contributed by atoms with Gasteiger partial charge in [-0.1, -0.05) is 42.5 Å². The zero-order valence-corrected chi connectivity index (χ0v) is 19.1. The number of amides is 2. The summed E-state index contributed by atoms with van der Waals surface area (Å²) in [6.07, 6.45) is 1.53. The third kappa shape index (κ3) is 5.82. The van der Waals surface area contributed by atoms with Gasteiger partial charge in [0.15, 0.2) is 6.61 Å². The molecular formula is C26H22N4O3S. The van der Waals surface area contributed by atoms with Crippen LogP contribution in [0.5, 0.6) is 5.75 Å². The molecule has 1 fully saturated rings. The van der Waals surface area contributed by atoms with Crippen molar-refractivity contribution in [2.24, 2.45) is 5.10 Å². The van der Waals surface area contributed by atoms with E-state index < -0.39 is 0 Å². The molecule has 1 heterocycles. The van der Waals surface area contributed by atoms with Crippen molar-refractivity contribution in [2.75, 3.05) is 12.4 Å². The largest absolute Gasteiger partial charge is 0.479 e. The van der Waals surface area contributed by atoms with Crippen LogP contribution in [0.3, 0.4) is 0 Å². The molecule has 0 spiro atoms. The molecule has 0 aliphatic carbocycles. The fourth-order valence-corrected chi connectivity index (χ4v) is 4.66. The average molecular weight is 471 g/mol. The van der Waals surface area contributed by atoms with Gasteiger partial charge in [0.05, 0.1) is 12.0 Å². The Balaban J connectivity index is 1.35. The normalized spacial score (nSPS) is 15.3. The number of hydrazone groups is 1. The van der Waals surface area contributed by atoms with E-state index in [0.717, 1.165) is 16.7 Å². The van der Waals surface area contributed by atoms with E-state index in [0.29, 0.717) is 23.6 Å². The number of nitriles is 1. The number of hydrogen-bond donors (Lipinski definition) is 1. The Bertz CT molecular complexity index is 1210. The highest BCUT2D eigenvalue weighted by Gasteiger charge is 2.32. The lowest BCUT2D eigenvalue weighted by atomic mass is 10.1. The summed E-state index contributed by atoms with van der Waals surface area (Å²) in [7, 11) is 0. The molecule has 1 aliphatic heterocycles.